The molecule has 0 radical (unpaired) electrons. The van der Waals surface area contributed by atoms with Crippen LogP contribution in [0.4, 0.5) is 24.5 Å². The molecule has 39 heavy (non-hydrogen) atoms. The number of nitrogens with zero attached hydrogens (tertiary/aromatic N) is 1. The molecule has 204 valence electrons. The van der Waals surface area contributed by atoms with E-state index in [1.54, 1.807) is 4.90 Å². The Labute approximate surface area is 222 Å². The maximum Gasteiger partial charge on any atom is 0.418 e. The van der Waals surface area contributed by atoms with E-state index in [0.29, 0.717) is 6.54 Å². The van der Waals surface area contributed by atoms with E-state index < -0.39 is 42.5 Å². The zero-order valence-electron chi connectivity index (χ0n) is 20.9. The Morgan fingerprint density at radius 1 is 0.949 bits per heavy atom. The molecule has 2 amide bonds. The van der Waals surface area contributed by atoms with E-state index in [0.717, 1.165) is 36.2 Å². The van der Waals surface area contributed by atoms with Crippen molar-refractivity contribution in [3.05, 3.63) is 83.4 Å². The molecule has 0 spiro atoms. The molecule has 1 aliphatic rings. The lowest BCUT2D eigenvalue weighted by Crippen LogP contribution is -2.38. The summed E-state index contributed by atoms with van der Waals surface area (Å²) in [5, 5.41) is 2.18. The number of carbonyl (C=O) groups excluding carboxylic acids is 3. The van der Waals surface area contributed by atoms with E-state index in [1.165, 1.54) is 37.4 Å². The Morgan fingerprint density at radius 3 is 2.46 bits per heavy atom. The smallest absolute Gasteiger partial charge is 0.418 e. The number of halogens is 3. The van der Waals surface area contributed by atoms with Crippen molar-refractivity contribution in [2.24, 2.45) is 0 Å². The molecule has 11 heteroatoms. The molecule has 0 aromatic heterocycles. The second-order valence-electron chi connectivity index (χ2n) is 8.60. The Hall–Kier alpha value is -4.54. The minimum atomic E-state index is -4.64. The highest BCUT2D eigenvalue weighted by Gasteiger charge is 2.33. The highest BCUT2D eigenvalue weighted by molar-refractivity contribution is 5.98. The van der Waals surface area contributed by atoms with Crippen molar-refractivity contribution in [2.45, 2.75) is 19.0 Å². The number of rotatable bonds is 8. The average Bonchev–Trinajstić information content (AvgIpc) is 2.93. The third-order valence-corrected chi connectivity index (χ3v) is 6.00. The van der Waals surface area contributed by atoms with Crippen LogP contribution in [0.2, 0.25) is 0 Å². The molecule has 1 N–H and O–H groups in total. The third-order valence-electron chi connectivity index (χ3n) is 6.00. The van der Waals surface area contributed by atoms with Crippen LogP contribution >= 0.6 is 0 Å². The van der Waals surface area contributed by atoms with E-state index in [4.69, 9.17) is 14.2 Å². The molecule has 0 atom stereocenters. The predicted molar refractivity (Wildman–Crippen MR) is 136 cm³/mol. The lowest BCUT2D eigenvalue weighted by atomic mass is 10.0. The minimum Gasteiger partial charge on any atom is -0.493 e. The predicted octanol–water partition coefficient (Wildman–Crippen LogP) is 4.87. The topological polar surface area (TPSA) is 94.2 Å². The van der Waals surface area contributed by atoms with Gasteiger partial charge in [0.05, 0.1) is 23.9 Å². The van der Waals surface area contributed by atoms with E-state index in [-0.39, 0.29) is 23.0 Å². The van der Waals surface area contributed by atoms with E-state index >= 15 is 0 Å². The van der Waals surface area contributed by atoms with Crippen LogP contribution in [0.1, 0.15) is 27.9 Å². The van der Waals surface area contributed by atoms with Crippen LogP contribution in [0.5, 0.6) is 11.5 Å². The van der Waals surface area contributed by atoms with Crippen LogP contribution < -0.4 is 19.7 Å². The first-order valence-corrected chi connectivity index (χ1v) is 12.0. The monoisotopic (exact) mass is 542 g/mol. The molecular weight excluding hydrogens is 517 g/mol. The number of benzene rings is 3. The summed E-state index contributed by atoms with van der Waals surface area (Å²) in [6.45, 7) is -0.534. The summed E-state index contributed by atoms with van der Waals surface area (Å²) in [5.41, 5.74) is 0.559. The third kappa shape index (κ3) is 6.67. The number of alkyl halides is 3. The number of hydrogen-bond acceptors (Lipinski definition) is 6. The summed E-state index contributed by atoms with van der Waals surface area (Å²) < 4.78 is 55.3. The van der Waals surface area contributed by atoms with Crippen molar-refractivity contribution in [1.29, 1.82) is 0 Å². The molecular formula is C28H25F3N2O6. The number of esters is 1. The number of carbonyl (C=O) groups is 3. The second-order valence-corrected chi connectivity index (χ2v) is 8.60. The van der Waals surface area contributed by atoms with Crippen molar-refractivity contribution in [3.63, 3.8) is 0 Å². The van der Waals surface area contributed by atoms with Gasteiger partial charge in [0.1, 0.15) is 0 Å². The summed E-state index contributed by atoms with van der Waals surface area (Å²) in [4.78, 5) is 39.2. The van der Waals surface area contributed by atoms with Gasteiger partial charge in [0.15, 0.2) is 24.7 Å². The quantitative estimate of drug-likeness (QED) is 0.409. The number of anilines is 2. The Bertz CT molecular complexity index is 1380. The lowest BCUT2D eigenvalue weighted by molar-refractivity contribution is -0.137. The largest absolute Gasteiger partial charge is 0.493 e. The summed E-state index contributed by atoms with van der Waals surface area (Å²) >= 11 is 0. The molecule has 0 aliphatic carbocycles. The standard InChI is InChI=1S/C28H25F3N2O6/c1-37-24-15-19(27(36)39-17-26(35)33-14-6-8-18-7-2-5-11-22(18)33)12-13-23(24)38-16-25(34)32-21-10-4-3-9-20(21)28(29,30)31/h2-5,7,9-13,15H,6,8,14,16-17H2,1H3,(H,32,34). The molecule has 0 saturated heterocycles. The highest BCUT2D eigenvalue weighted by atomic mass is 19.4. The first kappa shape index (κ1) is 27.5. The van der Waals surface area contributed by atoms with Crippen molar-refractivity contribution in [1.82, 2.24) is 0 Å². The Kier molecular flexibility index (Phi) is 8.38. The van der Waals surface area contributed by atoms with Gasteiger partial charge in [0.2, 0.25) is 0 Å². The fraction of sp³-hybridized carbons (Fsp3) is 0.250. The zero-order valence-corrected chi connectivity index (χ0v) is 20.9. The average molecular weight is 543 g/mol. The summed E-state index contributed by atoms with van der Waals surface area (Å²) in [6, 6.07) is 16.2. The van der Waals surface area contributed by atoms with Gasteiger partial charge < -0.3 is 24.4 Å². The summed E-state index contributed by atoms with van der Waals surface area (Å²) in [6.07, 6.45) is -2.96. The normalized spacial score (nSPS) is 12.8. The summed E-state index contributed by atoms with van der Waals surface area (Å²) in [5.74, 6) is -1.77. The highest BCUT2D eigenvalue weighted by Crippen LogP contribution is 2.35. The van der Waals surface area contributed by atoms with Crippen molar-refractivity contribution in [3.8, 4) is 11.5 Å². The second kappa shape index (κ2) is 11.9. The maximum absolute atomic E-state index is 13.1. The van der Waals surface area contributed by atoms with Crippen LogP contribution in [-0.4, -0.2) is 44.7 Å². The van der Waals surface area contributed by atoms with Gasteiger partial charge in [0, 0.05) is 12.2 Å². The molecule has 8 nitrogen and oxygen atoms in total. The fourth-order valence-corrected chi connectivity index (χ4v) is 4.16. The van der Waals surface area contributed by atoms with Crippen LogP contribution in [0.25, 0.3) is 0 Å². The number of hydrogen-bond donors (Lipinski definition) is 1. The number of ether oxygens (including phenoxy) is 3. The SMILES string of the molecule is COc1cc(C(=O)OCC(=O)N2CCCc3ccccc32)ccc1OCC(=O)Nc1ccccc1C(F)(F)F. The van der Waals surface area contributed by atoms with Gasteiger partial charge in [0.25, 0.3) is 11.8 Å². The van der Waals surface area contributed by atoms with Gasteiger partial charge in [-0.1, -0.05) is 30.3 Å². The molecule has 4 rings (SSSR count). The van der Waals surface area contributed by atoms with Gasteiger partial charge in [-0.25, -0.2) is 4.79 Å². The lowest BCUT2D eigenvalue weighted by Gasteiger charge is -2.29. The number of aryl methyl sites for hydroxylation is 1. The molecule has 0 fully saturated rings. The molecule has 3 aromatic rings. The first-order chi connectivity index (χ1) is 18.7. The maximum atomic E-state index is 13.1. The number of fused-ring (bicyclic) bond motifs is 1. The van der Waals surface area contributed by atoms with E-state index in [9.17, 15) is 27.6 Å². The number of amides is 2. The van der Waals surface area contributed by atoms with Crippen molar-refractivity contribution in [2.75, 3.05) is 37.1 Å². The number of methoxy groups -OCH3 is 1. The zero-order chi connectivity index (χ0) is 28.0. The number of nitrogens with one attached hydrogen (secondary N) is 1. The van der Waals surface area contributed by atoms with Gasteiger partial charge >= 0.3 is 12.1 Å². The molecule has 0 bridgehead atoms. The van der Waals surface area contributed by atoms with Crippen LogP contribution in [0.3, 0.4) is 0 Å². The Morgan fingerprint density at radius 2 is 1.69 bits per heavy atom. The van der Waals surface area contributed by atoms with Crippen LogP contribution in [0, 0.1) is 0 Å². The fourth-order valence-electron chi connectivity index (χ4n) is 4.16. The van der Waals surface area contributed by atoms with Gasteiger partial charge in [-0.05, 0) is 54.8 Å². The van der Waals surface area contributed by atoms with E-state index in [2.05, 4.69) is 5.32 Å². The van der Waals surface area contributed by atoms with Gasteiger partial charge in [-0.2, -0.15) is 13.2 Å². The van der Waals surface area contributed by atoms with Crippen molar-refractivity contribution < 1.29 is 41.8 Å². The molecule has 0 saturated carbocycles. The van der Waals surface area contributed by atoms with Gasteiger partial charge in [-0.15, -0.1) is 0 Å². The number of para-hydroxylation sites is 2. The molecule has 0 unspecified atom stereocenters. The molecule has 1 heterocycles. The summed E-state index contributed by atoms with van der Waals surface area (Å²) in [7, 11) is 1.31. The minimum absolute atomic E-state index is 0.0781. The van der Waals surface area contributed by atoms with Crippen LogP contribution in [0.15, 0.2) is 66.7 Å². The van der Waals surface area contributed by atoms with Crippen molar-refractivity contribution >= 4 is 29.2 Å². The molecule has 1 aliphatic heterocycles. The van der Waals surface area contributed by atoms with Gasteiger partial charge in [-0.3, -0.25) is 9.59 Å². The van der Waals surface area contributed by atoms with Crippen LogP contribution in [-0.2, 0) is 26.9 Å². The first-order valence-electron chi connectivity index (χ1n) is 12.0. The Balaban J connectivity index is 1.34. The molecule has 3 aromatic carbocycles. The van der Waals surface area contributed by atoms with E-state index in [1.807, 2.05) is 24.3 Å².